The molecule has 0 spiro atoms. The molecule has 1 aromatic heterocycles. The van der Waals surface area contributed by atoms with Gasteiger partial charge in [-0.15, -0.1) is 5.10 Å². The average Bonchev–Trinajstić information content (AvgIpc) is 2.71. The molecule has 1 atom stereocenters. The van der Waals surface area contributed by atoms with Crippen LogP contribution in [0.1, 0.15) is 47.9 Å². The summed E-state index contributed by atoms with van der Waals surface area (Å²) in [5.41, 5.74) is 3.85. The number of benzene rings is 1. The minimum Gasteiger partial charge on any atom is -0.496 e. The molecule has 1 aliphatic rings. The number of ether oxygens (including phenoxy) is 2. The Bertz CT molecular complexity index is 892. The highest BCUT2D eigenvalue weighted by atomic mass is 16.5. The zero-order valence-corrected chi connectivity index (χ0v) is 16.1. The van der Waals surface area contributed by atoms with Gasteiger partial charge in [-0.05, 0) is 30.5 Å². The predicted octanol–water partition coefficient (Wildman–Crippen LogP) is 2.54. The van der Waals surface area contributed by atoms with E-state index in [0.29, 0.717) is 42.4 Å². The zero-order valence-electron chi connectivity index (χ0n) is 16.1. The molecule has 0 amide bonds. The average molecular weight is 368 g/mol. The van der Waals surface area contributed by atoms with Crippen LogP contribution in [0.4, 0.5) is 5.82 Å². The van der Waals surface area contributed by atoms with E-state index in [9.17, 15) is 10.4 Å². The molecular formula is C20H24N4O3. The molecule has 0 aliphatic carbocycles. The normalized spacial score (nSPS) is 15.9. The topological polar surface area (TPSA) is 91.5 Å². The quantitative estimate of drug-likeness (QED) is 0.867. The molecule has 7 heteroatoms. The molecule has 2 aromatic rings. The first-order valence-electron chi connectivity index (χ1n) is 9.04. The third kappa shape index (κ3) is 3.17. The number of aliphatic hydroxyl groups excluding tert-OH is 1. The fraction of sp³-hybridized carbons (Fsp3) is 0.450. The van der Waals surface area contributed by atoms with Crippen LogP contribution in [0.5, 0.6) is 11.5 Å². The Balaban J connectivity index is 2.12. The Kier molecular flexibility index (Phi) is 5.47. The van der Waals surface area contributed by atoms with Crippen molar-refractivity contribution < 1.29 is 14.6 Å². The number of rotatable bonds is 5. The molecule has 27 heavy (non-hydrogen) atoms. The number of hydrogen-bond acceptors (Lipinski definition) is 7. The van der Waals surface area contributed by atoms with Gasteiger partial charge in [-0.3, -0.25) is 0 Å². The predicted molar refractivity (Wildman–Crippen MR) is 101 cm³/mol. The van der Waals surface area contributed by atoms with Crippen LogP contribution in [0.2, 0.25) is 0 Å². The third-order valence-electron chi connectivity index (χ3n) is 5.03. The van der Waals surface area contributed by atoms with Crippen molar-refractivity contribution in [3.63, 3.8) is 0 Å². The molecule has 0 fully saturated rings. The molecule has 1 unspecified atom stereocenters. The Hall–Kier alpha value is -2.85. The Labute approximate surface area is 159 Å². The van der Waals surface area contributed by atoms with E-state index in [2.05, 4.69) is 16.3 Å². The van der Waals surface area contributed by atoms with Gasteiger partial charge in [0, 0.05) is 17.7 Å². The molecular weight excluding hydrogens is 344 g/mol. The summed E-state index contributed by atoms with van der Waals surface area (Å²) in [6.45, 7) is 4.76. The minimum absolute atomic E-state index is 0.300. The Morgan fingerprint density at radius 1 is 1.19 bits per heavy atom. The van der Waals surface area contributed by atoms with Crippen LogP contribution < -0.4 is 14.4 Å². The second-order valence-electron chi connectivity index (χ2n) is 6.40. The lowest BCUT2D eigenvalue weighted by Gasteiger charge is -2.35. The number of aromatic nitrogens is 2. The molecule has 7 nitrogen and oxygen atoms in total. The lowest BCUT2D eigenvalue weighted by molar-refractivity contribution is 0.169. The molecule has 0 bridgehead atoms. The summed E-state index contributed by atoms with van der Waals surface area (Å²) in [6.07, 6.45) is 0.642. The zero-order chi connectivity index (χ0) is 19.6. The monoisotopic (exact) mass is 368 g/mol. The van der Waals surface area contributed by atoms with Crippen LogP contribution in [0.15, 0.2) is 12.1 Å². The molecule has 0 saturated carbocycles. The first kappa shape index (κ1) is 18.9. The van der Waals surface area contributed by atoms with E-state index in [1.807, 2.05) is 24.8 Å². The van der Waals surface area contributed by atoms with E-state index in [4.69, 9.17) is 9.47 Å². The molecule has 142 valence electrons. The van der Waals surface area contributed by atoms with Crippen LogP contribution in [-0.2, 0) is 19.4 Å². The van der Waals surface area contributed by atoms with Crippen molar-refractivity contribution in [2.45, 2.75) is 39.3 Å². The van der Waals surface area contributed by atoms with E-state index < -0.39 is 6.10 Å². The van der Waals surface area contributed by atoms with Gasteiger partial charge >= 0.3 is 0 Å². The Morgan fingerprint density at radius 3 is 2.48 bits per heavy atom. The molecule has 0 saturated heterocycles. The van der Waals surface area contributed by atoms with Gasteiger partial charge in [0.2, 0.25) is 0 Å². The summed E-state index contributed by atoms with van der Waals surface area (Å²) in [6, 6.07) is 5.91. The summed E-state index contributed by atoms with van der Waals surface area (Å²) in [7, 11) is 3.18. The van der Waals surface area contributed by atoms with Crippen LogP contribution in [0, 0.1) is 11.3 Å². The largest absolute Gasteiger partial charge is 0.496 e. The summed E-state index contributed by atoms with van der Waals surface area (Å²) < 4.78 is 10.9. The summed E-state index contributed by atoms with van der Waals surface area (Å²) in [5, 5.41) is 29.2. The SMILES string of the molecule is CCc1nnc(N2Cc3c(OC)ccc(OC)c3C(O)C2)c(C#N)c1CC. The maximum atomic E-state index is 10.8. The number of aryl methyl sites for hydroxylation is 1. The van der Waals surface area contributed by atoms with Gasteiger partial charge in [0.25, 0.3) is 0 Å². The van der Waals surface area contributed by atoms with E-state index >= 15 is 0 Å². The van der Waals surface area contributed by atoms with Crippen molar-refractivity contribution in [1.29, 1.82) is 5.26 Å². The molecule has 1 aromatic carbocycles. The van der Waals surface area contributed by atoms with Crippen LogP contribution >= 0.6 is 0 Å². The van der Waals surface area contributed by atoms with Crippen LogP contribution in [0.25, 0.3) is 0 Å². The maximum absolute atomic E-state index is 10.8. The van der Waals surface area contributed by atoms with Crippen molar-refractivity contribution in [2.24, 2.45) is 0 Å². The van der Waals surface area contributed by atoms with Crippen molar-refractivity contribution in [3.05, 3.63) is 40.1 Å². The van der Waals surface area contributed by atoms with E-state index in [1.54, 1.807) is 20.3 Å². The summed E-state index contributed by atoms with van der Waals surface area (Å²) in [4.78, 5) is 1.89. The van der Waals surface area contributed by atoms with Gasteiger partial charge in [-0.25, -0.2) is 0 Å². The first-order valence-corrected chi connectivity index (χ1v) is 9.04. The molecule has 0 radical (unpaired) electrons. The number of β-amino-alcohol motifs (C(OH)–C–C–N with tert-alkyl or cyclic N) is 1. The number of fused-ring (bicyclic) bond motifs is 1. The van der Waals surface area contributed by atoms with Gasteiger partial charge in [0.1, 0.15) is 29.2 Å². The first-order chi connectivity index (χ1) is 13.1. The fourth-order valence-corrected chi connectivity index (χ4v) is 3.74. The van der Waals surface area contributed by atoms with Gasteiger partial charge in [0.15, 0.2) is 5.82 Å². The standard InChI is InChI=1S/C20H24N4O3/c1-5-12-13(9-21)20(23-22-15(12)6-2)24-10-14-17(26-3)7-8-18(27-4)19(14)16(25)11-24/h7-8,16,25H,5-6,10-11H2,1-4H3. The number of hydrogen-bond donors (Lipinski definition) is 1. The highest BCUT2D eigenvalue weighted by Crippen LogP contribution is 2.41. The minimum atomic E-state index is -0.789. The Morgan fingerprint density at radius 2 is 1.89 bits per heavy atom. The van der Waals surface area contributed by atoms with Gasteiger partial charge < -0.3 is 19.5 Å². The fourth-order valence-electron chi connectivity index (χ4n) is 3.74. The molecule has 1 N–H and O–H groups in total. The van der Waals surface area contributed by atoms with E-state index in [-0.39, 0.29) is 0 Å². The number of nitriles is 1. The van der Waals surface area contributed by atoms with Crippen LogP contribution in [-0.4, -0.2) is 36.1 Å². The summed E-state index contributed by atoms with van der Waals surface area (Å²) >= 11 is 0. The summed E-state index contributed by atoms with van der Waals surface area (Å²) in [5.74, 6) is 1.79. The second-order valence-corrected chi connectivity index (χ2v) is 6.40. The van der Waals surface area contributed by atoms with Gasteiger partial charge in [0.05, 0.1) is 26.5 Å². The smallest absolute Gasteiger partial charge is 0.169 e. The molecule has 3 rings (SSSR count). The van der Waals surface area contributed by atoms with Crippen LogP contribution in [0.3, 0.4) is 0 Å². The number of anilines is 1. The third-order valence-corrected chi connectivity index (χ3v) is 5.03. The highest BCUT2D eigenvalue weighted by Gasteiger charge is 2.32. The van der Waals surface area contributed by atoms with E-state index in [1.165, 1.54) is 0 Å². The molecule has 1 aliphatic heterocycles. The lowest BCUT2D eigenvalue weighted by atomic mass is 9.94. The molecule has 2 heterocycles. The van der Waals surface area contributed by atoms with Gasteiger partial charge in [-0.1, -0.05) is 13.8 Å². The number of methoxy groups -OCH3 is 2. The van der Waals surface area contributed by atoms with Crippen molar-refractivity contribution in [3.8, 4) is 17.6 Å². The van der Waals surface area contributed by atoms with Crippen molar-refractivity contribution >= 4 is 5.82 Å². The highest BCUT2D eigenvalue weighted by molar-refractivity contribution is 5.61. The van der Waals surface area contributed by atoms with Crippen molar-refractivity contribution in [2.75, 3.05) is 25.7 Å². The van der Waals surface area contributed by atoms with E-state index in [0.717, 1.165) is 28.8 Å². The number of aliphatic hydroxyl groups is 1. The second kappa shape index (κ2) is 7.80. The lowest BCUT2D eigenvalue weighted by Crippen LogP contribution is -2.35. The number of nitrogens with zero attached hydrogens (tertiary/aromatic N) is 4. The van der Waals surface area contributed by atoms with Crippen molar-refractivity contribution in [1.82, 2.24) is 10.2 Å². The van der Waals surface area contributed by atoms with Gasteiger partial charge in [-0.2, -0.15) is 10.4 Å². The maximum Gasteiger partial charge on any atom is 0.169 e.